The number of carbonyl (C=O) groups is 1. The highest BCUT2D eigenvalue weighted by Crippen LogP contribution is 2.30. The van der Waals surface area contributed by atoms with Crippen molar-refractivity contribution < 1.29 is 22.7 Å². The fourth-order valence-corrected chi connectivity index (χ4v) is 5.89. The molecule has 0 aliphatic carbocycles. The first-order valence-corrected chi connectivity index (χ1v) is 11.8. The molecule has 3 aromatic rings. The van der Waals surface area contributed by atoms with Crippen LogP contribution in [0.2, 0.25) is 0 Å². The van der Waals surface area contributed by atoms with Gasteiger partial charge in [-0.2, -0.15) is 4.31 Å². The Morgan fingerprint density at radius 2 is 1.84 bits per heavy atom. The van der Waals surface area contributed by atoms with Gasteiger partial charge in [0.05, 0.1) is 6.20 Å². The number of carbonyl (C=O) groups excluding carboxylic acids is 1. The molecular weight excluding hydrogens is 441 g/mol. The molecule has 1 fully saturated rings. The number of aryl methyl sites for hydroxylation is 1. The maximum atomic E-state index is 14.0. The fraction of sp³-hybridized carbons (Fsp3) is 0.238. The van der Waals surface area contributed by atoms with Crippen LogP contribution in [0.3, 0.4) is 0 Å². The van der Waals surface area contributed by atoms with Crippen molar-refractivity contribution >= 4 is 27.3 Å². The maximum absolute atomic E-state index is 14.0. The first-order valence-electron chi connectivity index (χ1n) is 9.57. The summed E-state index contributed by atoms with van der Waals surface area (Å²) in [6.07, 6.45) is 1.42. The second-order valence-electron chi connectivity index (χ2n) is 7.18. The van der Waals surface area contributed by atoms with Gasteiger partial charge in [-0.05, 0) is 36.8 Å². The smallest absolute Gasteiger partial charge is 0.265 e. The summed E-state index contributed by atoms with van der Waals surface area (Å²) in [5.41, 5.74) is 1.06. The van der Waals surface area contributed by atoms with Crippen LogP contribution in [0.4, 0.5) is 4.39 Å². The van der Waals surface area contributed by atoms with E-state index in [1.165, 1.54) is 28.7 Å². The van der Waals surface area contributed by atoms with Gasteiger partial charge in [-0.3, -0.25) is 4.79 Å². The summed E-state index contributed by atoms with van der Waals surface area (Å²) in [7, 11) is -3.87. The van der Waals surface area contributed by atoms with Crippen molar-refractivity contribution in [2.45, 2.75) is 11.8 Å². The molecule has 1 aromatic heterocycles. The molecule has 1 saturated heterocycles. The van der Waals surface area contributed by atoms with Gasteiger partial charge in [-0.1, -0.05) is 18.2 Å². The molecule has 1 N–H and O–H groups in total. The highest BCUT2D eigenvalue weighted by Gasteiger charge is 2.32. The molecule has 1 aliphatic rings. The summed E-state index contributed by atoms with van der Waals surface area (Å²) in [6.45, 7) is 2.38. The average molecular weight is 462 g/mol. The molecule has 0 atom stereocenters. The summed E-state index contributed by atoms with van der Waals surface area (Å²) in [5, 5.41) is 10.4. The van der Waals surface area contributed by atoms with Crippen molar-refractivity contribution in [3.63, 3.8) is 0 Å². The minimum atomic E-state index is -3.87. The number of phenolic OH excluding ortho intramolecular Hbond substituents is 1. The van der Waals surface area contributed by atoms with Crippen LogP contribution in [0.5, 0.6) is 5.75 Å². The number of hydrogen-bond donors (Lipinski definition) is 1. The summed E-state index contributed by atoms with van der Waals surface area (Å²) < 4.78 is 41.1. The van der Waals surface area contributed by atoms with Crippen LogP contribution in [-0.2, 0) is 10.0 Å². The second kappa shape index (κ2) is 8.37. The van der Waals surface area contributed by atoms with Crippen LogP contribution in [0, 0.1) is 12.7 Å². The Balaban J connectivity index is 1.46. The zero-order valence-corrected chi connectivity index (χ0v) is 18.3. The summed E-state index contributed by atoms with van der Waals surface area (Å²) in [6, 6.07) is 10.7. The first-order chi connectivity index (χ1) is 14.8. The van der Waals surface area contributed by atoms with E-state index < -0.39 is 15.8 Å². The van der Waals surface area contributed by atoms with Crippen molar-refractivity contribution in [1.29, 1.82) is 0 Å². The van der Waals surface area contributed by atoms with Crippen molar-refractivity contribution in [2.24, 2.45) is 0 Å². The molecule has 10 heteroatoms. The molecule has 0 spiro atoms. The Hall–Kier alpha value is -2.82. The van der Waals surface area contributed by atoms with Crippen LogP contribution < -0.4 is 0 Å². The summed E-state index contributed by atoms with van der Waals surface area (Å²) in [4.78, 5) is 18.8. The topological polar surface area (TPSA) is 90.8 Å². The molecule has 7 nitrogen and oxygen atoms in total. The van der Waals surface area contributed by atoms with Crippen molar-refractivity contribution in [3.05, 3.63) is 64.9 Å². The number of nitrogens with zero attached hydrogens (tertiary/aromatic N) is 3. The Kier molecular flexibility index (Phi) is 5.78. The van der Waals surface area contributed by atoms with Gasteiger partial charge in [0.1, 0.15) is 26.3 Å². The van der Waals surface area contributed by atoms with Gasteiger partial charge < -0.3 is 10.0 Å². The van der Waals surface area contributed by atoms with E-state index in [0.29, 0.717) is 15.4 Å². The van der Waals surface area contributed by atoms with Crippen LogP contribution >= 0.6 is 11.3 Å². The lowest BCUT2D eigenvalue weighted by molar-refractivity contribution is 0.0702. The molecule has 1 amide bonds. The molecule has 0 radical (unpaired) electrons. The highest BCUT2D eigenvalue weighted by atomic mass is 32.2. The maximum Gasteiger partial charge on any atom is 0.265 e. The van der Waals surface area contributed by atoms with Crippen LogP contribution in [0.1, 0.15) is 15.2 Å². The SMILES string of the molecule is Cc1ccc(O)c(S(=O)(=O)N2CCN(C(=O)c3cnc(-c4ccccc4F)s3)CC2)c1. The zero-order valence-electron chi connectivity index (χ0n) is 16.7. The standard InChI is InChI=1S/C21H20FN3O4S2/c1-14-6-7-17(26)19(12-14)31(28,29)25-10-8-24(9-11-25)21(27)18-13-23-20(30-18)15-4-2-3-5-16(15)22/h2-7,12-13,26H,8-11H2,1H3. The lowest BCUT2D eigenvalue weighted by Crippen LogP contribution is -2.50. The number of thiazole rings is 1. The Morgan fingerprint density at radius 3 is 2.55 bits per heavy atom. The van der Waals surface area contributed by atoms with Crippen LogP contribution in [0.25, 0.3) is 10.6 Å². The number of benzene rings is 2. The molecule has 0 unspecified atom stereocenters. The number of halogens is 1. The van der Waals surface area contributed by atoms with Crippen molar-refractivity contribution in [1.82, 2.24) is 14.2 Å². The minimum absolute atomic E-state index is 0.112. The third-order valence-corrected chi connectivity index (χ3v) is 8.03. The molecular formula is C21H20FN3O4S2. The number of phenols is 1. The molecule has 31 heavy (non-hydrogen) atoms. The van der Waals surface area contributed by atoms with Gasteiger partial charge in [-0.25, -0.2) is 17.8 Å². The summed E-state index contributed by atoms with van der Waals surface area (Å²) in [5.74, 6) is -0.973. The third-order valence-electron chi connectivity index (χ3n) is 5.08. The van der Waals surface area contributed by atoms with E-state index in [0.717, 1.165) is 16.9 Å². The lowest BCUT2D eigenvalue weighted by Gasteiger charge is -2.33. The third kappa shape index (κ3) is 4.18. The molecule has 0 bridgehead atoms. The molecule has 1 aliphatic heterocycles. The number of amides is 1. The zero-order chi connectivity index (χ0) is 22.2. The second-order valence-corrected chi connectivity index (χ2v) is 10.1. The molecule has 2 aromatic carbocycles. The first kappa shape index (κ1) is 21.4. The van der Waals surface area contributed by atoms with Crippen LogP contribution in [-0.4, -0.2) is 59.8 Å². The normalized spacial score (nSPS) is 15.2. The molecule has 0 saturated carbocycles. The molecule has 4 rings (SSSR count). The van der Waals surface area contributed by atoms with E-state index in [4.69, 9.17) is 0 Å². The minimum Gasteiger partial charge on any atom is -0.507 e. The number of piperazine rings is 1. The van der Waals surface area contributed by atoms with Gasteiger partial charge in [-0.15, -0.1) is 11.3 Å². The largest absolute Gasteiger partial charge is 0.507 e. The highest BCUT2D eigenvalue weighted by molar-refractivity contribution is 7.89. The van der Waals surface area contributed by atoms with Crippen molar-refractivity contribution in [2.75, 3.05) is 26.2 Å². The van der Waals surface area contributed by atoms with Gasteiger partial charge in [0.2, 0.25) is 10.0 Å². The van der Waals surface area contributed by atoms with Crippen molar-refractivity contribution in [3.8, 4) is 16.3 Å². The molecule has 2 heterocycles. The predicted octanol–water partition coefficient (Wildman–Crippen LogP) is 3.11. The molecule has 162 valence electrons. The number of aromatic hydroxyl groups is 1. The summed E-state index contributed by atoms with van der Waals surface area (Å²) >= 11 is 1.10. The number of sulfonamides is 1. The van der Waals surface area contributed by atoms with E-state index in [2.05, 4.69) is 4.98 Å². The average Bonchev–Trinajstić information content (AvgIpc) is 3.25. The van der Waals surface area contributed by atoms with E-state index in [-0.39, 0.29) is 42.7 Å². The fourth-order valence-electron chi connectivity index (χ4n) is 3.39. The van der Waals surface area contributed by atoms with Gasteiger partial charge in [0, 0.05) is 31.7 Å². The quantitative estimate of drug-likeness (QED) is 0.645. The number of rotatable bonds is 4. The lowest BCUT2D eigenvalue weighted by atomic mass is 10.2. The van der Waals surface area contributed by atoms with Crippen LogP contribution in [0.15, 0.2) is 53.6 Å². The Labute approximate surface area is 183 Å². The van der Waals surface area contributed by atoms with E-state index in [9.17, 15) is 22.7 Å². The Bertz CT molecular complexity index is 1230. The monoisotopic (exact) mass is 461 g/mol. The Morgan fingerprint density at radius 1 is 1.13 bits per heavy atom. The van der Waals surface area contributed by atoms with Gasteiger partial charge in [0.15, 0.2) is 0 Å². The van der Waals surface area contributed by atoms with E-state index >= 15 is 0 Å². The number of hydrogen-bond acceptors (Lipinski definition) is 6. The predicted molar refractivity (Wildman–Crippen MR) is 115 cm³/mol. The van der Waals surface area contributed by atoms with E-state index in [1.54, 1.807) is 36.1 Å². The van der Waals surface area contributed by atoms with Gasteiger partial charge >= 0.3 is 0 Å². The number of aromatic nitrogens is 1. The van der Waals surface area contributed by atoms with E-state index in [1.807, 2.05) is 0 Å². The van der Waals surface area contributed by atoms with Gasteiger partial charge in [0.25, 0.3) is 5.91 Å².